The van der Waals surface area contributed by atoms with Gasteiger partial charge in [-0.25, -0.2) is 9.67 Å². The van der Waals surface area contributed by atoms with E-state index >= 15 is 0 Å². The normalized spacial score (nSPS) is 17.8. The zero-order valence-electron chi connectivity index (χ0n) is 12.4. The molecule has 1 aliphatic rings. The maximum absolute atomic E-state index is 12.2. The predicted molar refractivity (Wildman–Crippen MR) is 89.2 cm³/mol. The highest BCUT2D eigenvalue weighted by Gasteiger charge is 2.17. The van der Waals surface area contributed by atoms with Gasteiger partial charge >= 0.3 is 0 Å². The van der Waals surface area contributed by atoms with Crippen molar-refractivity contribution >= 4 is 22.8 Å². The Labute approximate surface area is 136 Å². The number of nitrogens with one attached hydrogen (secondary N) is 1. The maximum atomic E-state index is 12.2. The van der Waals surface area contributed by atoms with Gasteiger partial charge in [0.05, 0.1) is 18.0 Å². The van der Waals surface area contributed by atoms with Crippen LogP contribution in [0.3, 0.4) is 0 Å². The van der Waals surface area contributed by atoms with Crippen LogP contribution in [-0.4, -0.2) is 38.2 Å². The standard InChI is InChI=1S/C16H16N4O2S/c21-15-13-9-17-20(11-5-2-1-3-6-11)14(13)18-16(19-15)23-10-12-7-4-8-22-12/h1-3,5-6,9,12H,4,7-8,10H2,(H,18,19,21)/t12-/m0/s1. The summed E-state index contributed by atoms with van der Waals surface area (Å²) in [5.74, 6) is 0.800. The monoisotopic (exact) mass is 328 g/mol. The van der Waals surface area contributed by atoms with E-state index in [4.69, 9.17) is 4.74 Å². The number of thioether (sulfide) groups is 1. The summed E-state index contributed by atoms with van der Waals surface area (Å²) in [7, 11) is 0. The molecule has 1 saturated heterocycles. The number of hydrogen-bond acceptors (Lipinski definition) is 5. The van der Waals surface area contributed by atoms with Gasteiger partial charge < -0.3 is 9.72 Å². The quantitative estimate of drug-likeness (QED) is 0.588. The van der Waals surface area contributed by atoms with Gasteiger partial charge in [-0.1, -0.05) is 30.0 Å². The Kier molecular flexibility index (Phi) is 3.88. The van der Waals surface area contributed by atoms with Crippen LogP contribution in [0.1, 0.15) is 12.8 Å². The molecule has 1 atom stereocenters. The molecule has 3 aromatic rings. The van der Waals surface area contributed by atoms with E-state index in [0.717, 1.165) is 30.9 Å². The Balaban J connectivity index is 1.69. The molecule has 0 saturated carbocycles. The molecule has 2 aromatic heterocycles. The second kappa shape index (κ2) is 6.17. The SMILES string of the molecule is O=c1[nH]c(SC[C@@H]2CCCO2)nc2c1cnn2-c1ccccc1. The first-order valence-corrected chi connectivity index (χ1v) is 8.58. The summed E-state index contributed by atoms with van der Waals surface area (Å²) in [6.07, 6.45) is 3.99. The van der Waals surface area contributed by atoms with Crippen molar-refractivity contribution < 1.29 is 4.74 Å². The van der Waals surface area contributed by atoms with Crippen molar-refractivity contribution in [1.29, 1.82) is 0 Å². The number of fused-ring (bicyclic) bond motifs is 1. The predicted octanol–water partition coefficient (Wildman–Crippen LogP) is 2.38. The number of aromatic amines is 1. The molecule has 6 nitrogen and oxygen atoms in total. The van der Waals surface area contributed by atoms with Crippen molar-refractivity contribution in [1.82, 2.24) is 19.7 Å². The fraction of sp³-hybridized carbons (Fsp3) is 0.312. The lowest BCUT2D eigenvalue weighted by Gasteiger charge is -2.08. The lowest BCUT2D eigenvalue weighted by Crippen LogP contribution is -2.12. The first-order valence-electron chi connectivity index (χ1n) is 7.59. The molecule has 0 aliphatic carbocycles. The molecule has 0 amide bonds. The van der Waals surface area contributed by atoms with Gasteiger partial charge in [-0.3, -0.25) is 4.79 Å². The number of nitrogens with zero attached hydrogens (tertiary/aromatic N) is 3. The highest BCUT2D eigenvalue weighted by atomic mass is 32.2. The largest absolute Gasteiger partial charge is 0.377 e. The minimum absolute atomic E-state index is 0.160. The molecule has 4 rings (SSSR count). The Bertz CT molecular complexity index is 869. The van der Waals surface area contributed by atoms with Gasteiger partial charge in [0.2, 0.25) is 0 Å². The average Bonchev–Trinajstić information content (AvgIpc) is 3.23. The lowest BCUT2D eigenvalue weighted by atomic mass is 10.3. The van der Waals surface area contributed by atoms with E-state index in [1.54, 1.807) is 10.9 Å². The van der Waals surface area contributed by atoms with Crippen LogP contribution in [0.25, 0.3) is 16.7 Å². The fourth-order valence-corrected chi connectivity index (χ4v) is 3.60. The van der Waals surface area contributed by atoms with Crippen molar-refractivity contribution in [2.45, 2.75) is 24.1 Å². The maximum Gasteiger partial charge on any atom is 0.262 e. The Morgan fingerprint density at radius 1 is 1.35 bits per heavy atom. The van der Waals surface area contributed by atoms with Crippen LogP contribution in [0.15, 0.2) is 46.5 Å². The van der Waals surface area contributed by atoms with Gasteiger partial charge in [0.1, 0.15) is 5.39 Å². The fourth-order valence-electron chi connectivity index (χ4n) is 2.67. The van der Waals surface area contributed by atoms with E-state index in [1.807, 2.05) is 30.3 Å². The molecule has 7 heteroatoms. The van der Waals surface area contributed by atoms with E-state index < -0.39 is 0 Å². The van der Waals surface area contributed by atoms with Crippen LogP contribution in [0.4, 0.5) is 0 Å². The van der Waals surface area contributed by atoms with Crippen LogP contribution in [0, 0.1) is 0 Å². The van der Waals surface area contributed by atoms with Crippen molar-refractivity contribution in [3.05, 3.63) is 46.9 Å². The van der Waals surface area contributed by atoms with Crippen molar-refractivity contribution in [3.63, 3.8) is 0 Å². The Morgan fingerprint density at radius 3 is 3.00 bits per heavy atom. The molecule has 3 heterocycles. The molecule has 1 fully saturated rings. The van der Waals surface area contributed by atoms with Crippen LogP contribution < -0.4 is 5.56 Å². The molecule has 1 aliphatic heterocycles. The summed E-state index contributed by atoms with van der Waals surface area (Å²) < 4.78 is 7.31. The Morgan fingerprint density at radius 2 is 2.22 bits per heavy atom. The third-order valence-electron chi connectivity index (χ3n) is 3.85. The second-order valence-electron chi connectivity index (χ2n) is 5.45. The minimum Gasteiger partial charge on any atom is -0.377 e. The summed E-state index contributed by atoms with van der Waals surface area (Å²) in [5.41, 5.74) is 1.30. The number of benzene rings is 1. The van der Waals surface area contributed by atoms with E-state index in [1.165, 1.54) is 11.8 Å². The molecule has 0 unspecified atom stereocenters. The van der Waals surface area contributed by atoms with Crippen molar-refractivity contribution in [2.24, 2.45) is 0 Å². The minimum atomic E-state index is -0.160. The molecular formula is C16H16N4O2S. The van der Waals surface area contributed by atoms with E-state index in [-0.39, 0.29) is 11.7 Å². The topological polar surface area (TPSA) is 72.8 Å². The summed E-state index contributed by atoms with van der Waals surface area (Å²) in [4.78, 5) is 19.7. The number of ether oxygens (including phenoxy) is 1. The molecular weight excluding hydrogens is 312 g/mol. The number of rotatable bonds is 4. The lowest BCUT2D eigenvalue weighted by molar-refractivity contribution is 0.129. The Hall–Kier alpha value is -2.12. The second-order valence-corrected chi connectivity index (χ2v) is 6.46. The van der Waals surface area contributed by atoms with E-state index in [9.17, 15) is 4.79 Å². The molecule has 0 spiro atoms. The molecule has 118 valence electrons. The summed E-state index contributed by atoms with van der Waals surface area (Å²) in [6.45, 7) is 0.828. The van der Waals surface area contributed by atoms with E-state index in [2.05, 4.69) is 15.1 Å². The molecule has 0 radical (unpaired) electrons. The van der Waals surface area contributed by atoms with Crippen LogP contribution in [-0.2, 0) is 4.74 Å². The number of H-pyrrole nitrogens is 1. The molecule has 0 bridgehead atoms. The number of para-hydroxylation sites is 1. The van der Waals surface area contributed by atoms with Crippen molar-refractivity contribution in [3.8, 4) is 5.69 Å². The van der Waals surface area contributed by atoms with Gasteiger partial charge in [0.25, 0.3) is 5.56 Å². The molecule has 1 N–H and O–H groups in total. The molecule has 23 heavy (non-hydrogen) atoms. The van der Waals surface area contributed by atoms with Crippen LogP contribution in [0.2, 0.25) is 0 Å². The first-order chi connectivity index (χ1) is 11.3. The highest BCUT2D eigenvalue weighted by molar-refractivity contribution is 7.99. The van der Waals surface area contributed by atoms with Gasteiger partial charge in [-0.15, -0.1) is 0 Å². The average molecular weight is 328 g/mol. The number of aromatic nitrogens is 4. The number of hydrogen-bond donors (Lipinski definition) is 1. The smallest absolute Gasteiger partial charge is 0.262 e. The van der Waals surface area contributed by atoms with Gasteiger partial charge in [0, 0.05) is 12.4 Å². The third kappa shape index (κ3) is 2.89. The third-order valence-corrected chi connectivity index (χ3v) is 4.85. The zero-order chi connectivity index (χ0) is 15.6. The van der Waals surface area contributed by atoms with Crippen LogP contribution in [0.5, 0.6) is 0 Å². The molecule has 1 aromatic carbocycles. The highest BCUT2D eigenvalue weighted by Crippen LogP contribution is 2.22. The van der Waals surface area contributed by atoms with Gasteiger partial charge in [-0.05, 0) is 25.0 Å². The van der Waals surface area contributed by atoms with Crippen LogP contribution >= 0.6 is 11.8 Å². The first kappa shape index (κ1) is 14.5. The summed E-state index contributed by atoms with van der Waals surface area (Å²) in [6, 6.07) is 9.69. The van der Waals surface area contributed by atoms with E-state index in [0.29, 0.717) is 16.2 Å². The summed E-state index contributed by atoms with van der Waals surface area (Å²) >= 11 is 1.52. The van der Waals surface area contributed by atoms with Crippen molar-refractivity contribution in [2.75, 3.05) is 12.4 Å². The van der Waals surface area contributed by atoms with Gasteiger partial charge in [-0.2, -0.15) is 5.10 Å². The zero-order valence-corrected chi connectivity index (χ0v) is 13.3. The van der Waals surface area contributed by atoms with Gasteiger partial charge in [0.15, 0.2) is 10.8 Å². The summed E-state index contributed by atoms with van der Waals surface area (Å²) in [5, 5.41) is 5.41.